The van der Waals surface area contributed by atoms with Crippen LogP contribution in [0.25, 0.3) is 165 Å². The average molecular weight is 1760 g/mol. The number of anilines is 9. The molecular weight excluding hydrogens is 1660 g/mol. The predicted molar refractivity (Wildman–Crippen MR) is 575 cm³/mol. The number of benzene rings is 21. The van der Waals surface area contributed by atoms with Gasteiger partial charge in [0.1, 0.15) is 33.5 Å². The lowest BCUT2D eigenvalue weighted by molar-refractivity contribution is 0.657. The van der Waals surface area contributed by atoms with Crippen molar-refractivity contribution < 1.29 is 13.3 Å². The quantitative estimate of drug-likeness (QED) is 0.115. The Hall–Kier alpha value is -17.1. The first-order valence-corrected chi connectivity index (χ1v) is 47.5. The van der Waals surface area contributed by atoms with Crippen LogP contribution in [-0.2, 0) is 16.2 Å². The van der Waals surface area contributed by atoms with E-state index in [2.05, 4.69) is 505 Å². The van der Waals surface area contributed by atoms with Gasteiger partial charge in [-0.05, 0) is 309 Å². The molecule has 0 unspecified atom stereocenters. The molecule has 24 aromatic rings. The summed E-state index contributed by atoms with van der Waals surface area (Å²) in [5.41, 5.74) is 40.7. The summed E-state index contributed by atoms with van der Waals surface area (Å²) in [6.45, 7) is 14.1. The van der Waals surface area contributed by atoms with E-state index in [-0.39, 0.29) is 16.2 Å². The molecule has 21 aromatic carbocycles. The van der Waals surface area contributed by atoms with Gasteiger partial charge in [0.05, 0.1) is 0 Å². The summed E-state index contributed by atoms with van der Waals surface area (Å²) < 4.78 is 19.0. The lowest BCUT2D eigenvalue weighted by Gasteiger charge is -2.28. The maximum Gasteiger partial charge on any atom is 0.136 e. The van der Waals surface area contributed by atoms with Gasteiger partial charge in [-0.2, -0.15) is 0 Å². The zero-order valence-corrected chi connectivity index (χ0v) is 77.0. The minimum atomic E-state index is -0.157. The Morgan fingerprint density at radius 2 is 0.394 bits per heavy atom. The van der Waals surface area contributed by atoms with Gasteiger partial charge in [-0.15, -0.1) is 0 Å². The van der Waals surface area contributed by atoms with Gasteiger partial charge < -0.3 is 28.0 Å². The third-order valence-corrected chi connectivity index (χ3v) is 29.2. The molecule has 27 rings (SSSR count). The fourth-order valence-electron chi connectivity index (χ4n) is 22.0. The predicted octanol–water partition coefficient (Wildman–Crippen LogP) is 37.1. The van der Waals surface area contributed by atoms with Crippen molar-refractivity contribution >= 4 is 139 Å². The standard InChI is InChI=1S/C45H33NO.2C43H31NO/c1-45(2)41-26-25-36(27-38(41)39-29-44-40(28-42(39)45)37-15-9-10-16-43(37)47-44)46(34-21-17-32(18-22-34)30-11-5-3-6-12-30)35-23-19-33(20-24-35)31-13-7-4-8-14-31;1-43(2)39-25-34(22-23-35(39)37-27-42-38(26-40(37)43)36-14-8-9-15-41(36)45-42)44(32-12-4-3-5-13-32)33-20-18-29(19-21-33)31-17-16-28-10-6-7-11-30(28)24-31;1-43(2)39-23-22-34(25-36(39)37-27-42-38(26-40(37)43)35-14-8-9-15-41(35)45-42)44(32-12-4-3-5-13-32)33-20-18-29(19-21-33)31-17-16-28-10-6-7-11-30(28)24-31/h3-29H,1-2H3;2*3-27H,1-2H3. The van der Waals surface area contributed by atoms with Crippen molar-refractivity contribution in [1.82, 2.24) is 0 Å². The van der Waals surface area contributed by atoms with Crippen molar-refractivity contribution in [3.05, 3.63) is 500 Å². The Balaban J connectivity index is 0.000000109. The first-order chi connectivity index (χ1) is 67.1. The third kappa shape index (κ3) is 14.2. The minimum Gasteiger partial charge on any atom is -0.456 e. The van der Waals surface area contributed by atoms with E-state index in [0.29, 0.717) is 0 Å². The summed E-state index contributed by atoms with van der Waals surface area (Å²) in [6, 6.07) is 168. The van der Waals surface area contributed by atoms with Crippen LogP contribution in [0.5, 0.6) is 0 Å². The van der Waals surface area contributed by atoms with E-state index < -0.39 is 0 Å². The fourth-order valence-corrected chi connectivity index (χ4v) is 22.0. The molecule has 137 heavy (non-hydrogen) atoms. The Kier molecular flexibility index (Phi) is 19.5. The smallest absolute Gasteiger partial charge is 0.136 e. The normalized spacial score (nSPS) is 13.2. The topological polar surface area (TPSA) is 49.1 Å². The highest BCUT2D eigenvalue weighted by Crippen LogP contribution is 2.58. The van der Waals surface area contributed by atoms with E-state index in [4.69, 9.17) is 13.3 Å². The summed E-state index contributed by atoms with van der Waals surface area (Å²) in [4.78, 5) is 7.09. The molecule has 6 nitrogen and oxygen atoms in total. The third-order valence-electron chi connectivity index (χ3n) is 29.2. The van der Waals surface area contributed by atoms with Crippen LogP contribution in [0.1, 0.15) is 74.9 Å². The highest BCUT2D eigenvalue weighted by molar-refractivity contribution is 6.11. The first-order valence-electron chi connectivity index (χ1n) is 47.5. The lowest BCUT2D eigenvalue weighted by Crippen LogP contribution is -2.16. The largest absolute Gasteiger partial charge is 0.456 e. The van der Waals surface area contributed by atoms with Crippen LogP contribution in [0.4, 0.5) is 51.2 Å². The molecule has 0 atom stereocenters. The van der Waals surface area contributed by atoms with E-state index in [1.165, 1.54) is 165 Å². The second kappa shape index (κ2) is 32.7. The molecule has 0 spiro atoms. The zero-order chi connectivity index (χ0) is 91.8. The molecule has 3 aliphatic carbocycles. The number of furan rings is 3. The summed E-state index contributed by atoms with van der Waals surface area (Å²) in [6.07, 6.45) is 0. The Morgan fingerprint density at radius 1 is 0.146 bits per heavy atom. The molecule has 0 bridgehead atoms. The van der Waals surface area contributed by atoms with Crippen LogP contribution in [0, 0.1) is 0 Å². The van der Waals surface area contributed by atoms with Crippen molar-refractivity contribution in [3.63, 3.8) is 0 Å². The van der Waals surface area contributed by atoms with E-state index >= 15 is 0 Å². The highest BCUT2D eigenvalue weighted by atomic mass is 16.3. The molecule has 3 aromatic heterocycles. The zero-order valence-electron chi connectivity index (χ0n) is 77.0. The van der Waals surface area contributed by atoms with Crippen LogP contribution in [-0.4, -0.2) is 0 Å². The maximum atomic E-state index is 6.36. The van der Waals surface area contributed by atoms with Gasteiger partial charge in [0.25, 0.3) is 0 Å². The van der Waals surface area contributed by atoms with Crippen LogP contribution in [0.2, 0.25) is 0 Å². The van der Waals surface area contributed by atoms with Crippen molar-refractivity contribution in [1.29, 1.82) is 0 Å². The lowest BCUT2D eigenvalue weighted by atomic mass is 9.82. The molecule has 3 heterocycles. The summed E-state index contributed by atoms with van der Waals surface area (Å²) >= 11 is 0. The number of nitrogens with zero attached hydrogens (tertiary/aromatic N) is 3. The summed E-state index contributed by atoms with van der Waals surface area (Å²) in [7, 11) is 0. The van der Waals surface area contributed by atoms with Crippen molar-refractivity contribution in [2.75, 3.05) is 14.7 Å². The summed E-state index contributed by atoms with van der Waals surface area (Å²) in [5.74, 6) is 0. The van der Waals surface area contributed by atoms with Crippen LogP contribution >= 0.6 is 0 Å². The van der Waals surface area contributed by atoms with Crippen LogP contribution in [0.15, 0.2) is 480 Å². The number of fused-ring (bicyclic) bond motifs is 20. The number of hydrogen-bond acceptors (Lipinski definition) is 6. The molecule has 0 N–H and O–H groups in total. The fraction of sp³-hybridized carbons (Fsp3) is 0.0687. The molecule has 0 saturated heterocycles. The molecule has 3 aliphatic rings. The van der Waals surface area contributed by atoms with E-state index in [9.17, 15) is 0 Å². The molecule has 6 heteroatoms. The molecule has 0 saturated carbocycles. The Bertz CT molecular complexity index is 8750. The SMILES string of the molecule is CC1(C)c2cc(N(c3ccccc3)c3ccc(-c4ccc5ccccc5c4)cc3)ccc2-c2cc3oc4ccccc4c3cc21.CC1(C)c2ccc(N(c3ccc(-c4ccccc4)cc3)c3ccc(-c4ccccc4)cc3)cc2-c2cc3oc4ccccc4c3cc21.CC1(C)c2ccc(N(c3ccccc3)c3ccc(-c4ccc5ccccc5c4)cc3)cc2-c2cc3oc4ccccc4c3cc21. The van der Waals surface area contributed by atoms with Crippen LogP contribution < -0.4 is 14.7 Å². The Labute approximate surface area is 797 Å². The van der Waals surface area contributed by atoms with Gasteiger partial charge in [0.15, 0.2) is 0 Å². The molecular formula is C131H95N3O3. The second-order valence-electron chi connectivity index (χ2n) is 38.3. The minimum absolute atomic E-state index is 0.116. The van der Waals surface area contributed by atoms with Crippen LogP contribution in [0.3, 0.4) is 0 Å². The van der Waals surface area contributed by atoms with Gasteiger partial charge in [-0.3, -0.25) is 0 Å². The van der Waals surface area contributed by atoms with Gasteiger partial charge in [0.2, 0.25) is 0 Å². The second-order valence-corrected chi connectivity index (χ2v) is 38.3. The molecule has 0 amide bonds. The van der Waals surface area contributed by atoms with Crippen molar-refractivity contribution in [2.45, 2.75) is 57.8 Å². The maximum absolute atomic E-state index is 6.36. The Morgan fingerprint density at radius 3 is 0.759 bits per heavy atom. The van der Waals surface area contributed by atoms with Gasteiger partial charge >= 0.3 is 0 Å². The van der Waals surface area contributed by atoms with Gasteiger partial charge in [0, 0.05) is 99.7 Å². The molecule has 0 fully saturated rings. The van der Waals surface area contributed by atoms with E-state index in [0.717, 1.165) is 84.7 Å². The molecule has 0 radical (unpaired) electrons. The van der Waals surface area contributed by atoms with Gasteiger partial charge in [-0.1, -0.05) is 333 Å². The number of rotatable bonds is 13. The van der Waals surface area contributed by atoms with Crippen molar-refractivity contribution in [2.24, 2.45) is 0 Å². The van der Waals surface area contributed by atoms with E-state index in [1.54, 1.807) is 0 Å². The monoisotopic (exact) mass is 1760 g/mol. The number of hydrogen-bond donors (Lipinski definition) is 0. The molecule has 652 valence electrons. The molecule has 0 aliphatic heterocycles. The highest BCUT2D eigenvalue weighted by Gasteiger charge is 2.41. The van der Waals surface area contributed by atoms with Gasteiger partial charge in [-0.25, -0.2) is 0 Å². The first kappa shape index (κ1) is 81.9. The number of para-hydroxylation sites is 5. The van der Waals surface area contributed by atoms with E-state index in [1.807, 2.05) is 18.2 Å². The average Bonchev–Trinajstić information content (AvgIpc) is 1.56. The summed E-state index contributed by atoms with van der Waals surface area (Å²) in [5, 5.41) is 12.1. The van der Waals surface area contributed by atoms with Crippen molar-refractivity contribution in [3.8, 4) is 77.9 Å².